The monoisotopic (exact) mass is 403 g/mol. The standard InChI is InChI=1S/C25H29N3O2/c1-19(2)16-28-18-23(21-10-6-7-11-22(21)24(28)29)25(30)27-14-12-26(13-15-27)17-20-8-4-3-5-9-20/h3-11,18-19H,12-17H2,1-2H3. The Hall–Kier alpha value is -2.92. The molecule has 1 amide bonds. The molecule has 5 nitrogen and oxygen atoms in total. The Morgan fingerprint density at radius 1 is 0.900 bits per heavy atom. The van der Waals surface area contributed by atoms with Gasteiger partial charge in [0.05, 0.1) is 5.56 Å². The number of hydrogen-bond acceptors (Lipinski definition) is 3. The van der Waals surface area contributed by atoms with E-state index in [9.17, 15) is 9.59 Å². The van der Waals surface area contributed by atoms with E-state index in [-0.39, 0.29) is 11.5 Å². The molecular formula is C25H29N3O2. The fourth-order valence-corrected chi connectivity index (χ4v) is 4.16. The summed E-state index contributed by atoms with van der Waals surface area (Å²) < 4.78 is 1.70. The van der Waals surface area contributed by atoms with Gasteiger partial charge in [-0.2, -0.15) is 0 Å². The SMILES string of the molecule is CC(C)Cn1cc(C(=O)N2CCN(Cc3ccccc3)CC2)c2ccccc2c1=O. The lowest BCUT2D eigenvalue weighted by Crippen LogP contribution is -2.48. The van der Waals surface area contributed by atoms with Crippen LogP contribution in [0.4, 0.5) is 0 Å². The number of carbonyl (C=O) groups excluding carboxylic acids is 1. The van der Waals surface area contributed by atoms with E-state index in [1.165, 1.54) is 5.56 Å². The van der Waals surface area contributed by atoms with Gasteiger partial charge in [0.2, 0.25) is 0 Å². The van der Waals surface area contributed by atoms with E-state index in [1.807, 2.05) is 35.2 Å². The maximum Gasteiger partial charge on any atom is 0.258 e. The molecule has 0 unspecified atom stereocenters. The number of amides is 1. The number of benzene rings is 2. The fourth-order valence-electron chi connectivity index (χ4n) is 4.16. The van der Waals surface area contributed by atoms with Crippen LogP contribution in [0.25, 0.3) is 10.8 Å². The first-order valence-corrected chi connectivity index (χ1v) is 10.7. The fraction of sp³-hybridized carbons (Fsp3) is 0.360. The van der Waals surface area contributed by atoms with Gasteiger partial charge >= 0.3 is 0 Å². The number of fused-ring (bicyclic) bond motifs is 1. The summed E-state index contributed by atoms with van der Waals surface area (Å²) in [5.74, 6) is 0.344. The Morgan fingerprint density at radius 3 is 2.20 bits per heavy atom. The van der Waals surface area contributed by atoms with Crippen molar-refractivity contribution < 1.29 is 4.79 Å². The molecular weight excluding hydrogens is 374 g/mol. The molecule has 5 heteroatoms. The Balaban J connectivity index is 1.55. The van der Waals surface area contributed by atoms with Gasteiger partial charge in [-0.15, -0.1) is 0 Å². The molecule has 1 aromatic heterocycles. The maximum absolute atomic E-state index is 13.4. The summed E-state index contributed by atoms with van der Waals surface area (Å²) in [4.78, 5) is 30.6. The molecule has 3 aromatic rings. The number of carbonyl (C=O) groups is 1. The molecule has 1 fully saturated rings. The third kappa shape index (κ3) is 4.31. The van der Waals surface area contributed by atoms with Gasteiger partial charge in [0, 0.05) is 56.2 Å². The molecule has 1 saturated heterocycles. The molecule has 0 radical (unpaired) electrons. The van der Waals surface area contributed by atoms with Gasteiger partial charge in [0.15, 0.2) is 0 Å². The van der Waals surface area contributed by atoms with E-state index in [4.69, 9.17) is 0 Å². The van der Waals surface area contributed by atoms with Crippen molar-refractivity contribution in [2.24, 2.45) is 5.92 Å². The van der Waals surface area contributed by atoms with Crippen molar-refractivity contribution in [3.8, 4) is 0 Å². The molecule has 0 atom stereocenters. The van der Waals surface area contributed by atoms with Crippen LogP contribution in [0, 0.1) is 5.92 Å². The van der Waals surface area contributed by atoms with Gasteiger partial charge in [-0.1, -0.05) is 62.4 Å². The van der Waals surface area contributed by atoms with Crippen molar-refractivity contribution in [3.05, 3.63) is 82.3 Å². The van der Waals surface area contributed by atoms with Gasteiger partial charge in [-0.3, -0.25) is 14.5 Å². The van der Waals surface area contributed by atoms with Gasteiger partial charge < -0.3 is 9.47 Å². The maximum atomic E-state index is 13.4. The summed E-state index contributed by atoms with van der Waals surface area (Å²) >= 11 is 0. The smallest absolute Gasteiger partial charge is 0.258 e. The molecule has 156 valence electrons. The molecule has 1 aliphatic rings. The van der Waals surface area contributed by atoms with E-state index < -0.39 is 0 Å². The highest BCUT2D eigenvalue weighted by Gasteiger charge is 2.24. The van der Waals surface area contributed by atoms with Crippen LogP contribution in [0.5, 0.6) is 0 Å². The predicted molar refractivity (Wildman–Crippen MR) is 121 cm³/mol. The quantitative estimate of drug-likeness (QED) is 0.654. The molecule has 0 aliphatic carbocycles. The number of nitrogens with zero attached hydrogens (tertiary/aromatic N) is 3. The zero-order valence-electron chi connectivity index (χ0n) is 17.8. The summed E-state index contributed by atoms with van der Waals surface area (Å²) in [5, 5.41) is 1.37. The Kier molecular flexibility index (Phi) is 6.00. The van der Waals surface area contributed by atoms with E-state index in [2.05, 4.69) is 43.0 Å². The second-order valence-corrected chi connectivity index (χ2v) is 8.49. The largest absolute Gasteiger partial charge is 0.336 e. The van der Waals surface area contributed by atoms with E-state index in [0.717, 1.165) is 25.0 Å². The second kappa shape index (κ2) is 8.84. The number of piperazine rings is 1. The summed E-state index contributed by atoms with van der Waals surface area (Å²) in [6, 6.07) is 17.9. The van der Waals surface area contributed by atoms with Crippen molar-refractivity contribution in [2.45, 2.75) is 26.9 Å². The normalized spacial score (nSPS) is 15.1. The van der Waals surface area contributed by atoms with Gasteiger partial charge in [0.1, 0.15) is 0 Å². The van der Waals surface area contributed by atoms with Crippen LogP contribution < -0.4 is 5.56 Å². The minimum Gasteiger partial charge on any atom is -0.336 e. The Bertz CT molecular complexity index is 1080. The predicted octanol–water partition coefficient (Wildman–Crippen LogP) is 3.62. The molecule has 30 heavy (non-hydrogen) atoms. The van der Waals surface area contributed by atoms with Crippen LogP contribution in [0.1, 0.15) is 29.8 Å². The van der Waals surface area contributed by atoms with Crippen LogP contribution in [-0.4, -0.2) is 46.5 Å². The average molecular weight is 404 g/mol. The lowest BCUT2D eigenvalue weighted by molar-refractivity contribution is 0.0629. The zero-order chi connectivity index (χ0) is 21.1. The Labute approximate surface area is 177 Å². The minimum absolute atomic E-state index is 0.0167. The van der Waals surface area contributed by atoms with Crippen molar-refractivity contribution in [2.75, 3.05) is 26.2 Å². The molecule has 0 bridgehead atoms. The summed E-state index contributed by atoms with van der Waals surface area (Å²) in [6.07, 6.45) is 1.77. The summed E-state index contributed by atoms with van der Waals surface area (Å²) in [5.41, 5.74) is 1.90. The van der Waals surface area contributed by atoms with Crippen LogP contribution in [0.15, 0.2) is 65.6 Å². The molecule has 1 aliphatic heterocycles. The van der Waals surface area contributed by atoms with Crippen molar-refractivity contribution in [1.29, 1.82) is 0 Å². The van der Waals surface area contributed by atoms with Crippen LogP contribution in [-0.2, 0) is 13.1 Å². The lowest BCUT2D eigenvalue weighted by Gasteiger charge is -2.35. The first-order valence-electron chi connectivity index (χ1n) is 10.7. The Morgan fingerprint density at radius 2 is 1.53 bits per heavy atom. The van der Waals surface area contributed by atoms with E-state index in [1.54, 1.807) is 10.8 Å². The number of aromatic nitrogens is 1. The third-order valence-corrected chi connectivity index (χ3v) is 5.69. The van der Waals surface area contributed by atoms with Gasteiger partial charge in [-0.25, -0.2) is 0 Å². The first kappa shape index (κ1) is 20.4. The van der Waals surface area contributed by atoms with Crippen LogP contribution in [0.3, 0.4) is 0 Å². The summed E-state index contributed by atoms with van der Waals surface area (Å²) in [7, 11) is 0. The lowest BCUT2D eigenvalue weighted by atomic mass is 10.1. The molecule has 0 spiro atoms. The average Bonchev–Trinajstić information content (AvgIpc) is 2.76. The number of hydrogen-bond donors (Lipinski definition) is 0. The third-order valence-electron chi connectivity index (χ3n) is 5.69. The second-order valence-electron chi connectivity index (χ2n) is 8.49. The van der Waals surface area contributed by atoms with Gasteiger partial charge in [-0.05, 0) is 17.5 Å². The van der Waals surface area contributed by atoms with E-state index >= 15 is 0 Å². The summed E-state index contributed by atoms with van der Waals surface area (Å²) in [6.45, 7) is 8.77. The van der Waals surface area contributed by atoms with Crippen molar-refractivity contribution >= 4 is 16.7 Å². The van der Waals surface area contributed by atoms with Crippen molar-refractivity contribution in [3.63, 3.8) is 0 Å². The highest BCUT2D eigenvalue weighted by atomic mass is 16.2. The zero-order valence-corrected chi connectivity index (χ0v) is 17.8. The highest BCUT2D eigenvalue weighted by Crippen LogP contribution is 2.19. The molecule has 4 rings (SSSR count). The topological polar surface area (TPSA) is 45.6 Å². The van der Waals surface area contributed by atoms with Crippen LogP contribution >= 0.6 is 0 Å². The highest BCUT2D eigenvalue weighted by molar-refractivity contribution is 6.06. The number of pyridine rings is 1. The molecule has 0 N–H and O–H groups in total. The first-order chi connectivity index (χ1) is 14.5. The molecule has 2 aromatic carbocycles. The number of rotatable bonds is 5. The van der Waals surface area contributed by atoms with Gasteiger partial charge in [0.25, 0.3) is 11.5 Å². The minimum atomic E-state index is -0.0245. The van der Waals surface area contributed by atoms with Crippen molar-refractivity contribution in [1.82, 2.24) is 14.4 Å². The molecule has 2 heterocycles. The van der Waals surface area contributed by atoms with E-state index in [0.29, 0.717) is 36.5 Å². The van der Waals surface area contributed by atoms with Crippen LogP contribution in [0.2, 0.25) is 0 Å². The molecule has 0 saturated carbocycles.